The largest absolute Gasteiger partial charge is 0.356 e. The van der Waals surface area contributed by atoms with Gasteiger partial charge in [0, 0.05) is 37.2 Å². The lowest BCUT2D eigenvalue weighted by Crippen LogP contribution is -2.40. The van der Waals surface area contributed by atoms with Crippen LogP contribution < -0.4 is 16.0 Å². The van der Waals surface area contributed by atoms with Crippen LogP contribution >= 0.6 is 0 Å². The number of guanidine groups is 1. The number of aliphatic imine (C=N–C) groups is 1. The standard InChI is InChI=1S/C23H30N4O/c1-17(2)21(28)27-20-11-9-18(10-12-20)15-25-22(24-3)26-16-23(13-14-23)19-7-5-4-6-8-19/h4-12,17H,13-16H2,1-3H3,(H,27,28)(H2,24,25,26). The minimum absolute atomic E-state index is 0.0265. The summed E-state index contributed by atoms with van der Waals surface area (Å²) < 4.78 is 0. The molecule has 1 aliphatic carbocycles. The zero-order valence-electron chi connectivity index (χ0n) is 17.0. The highest BCUT2D eigenvalue weighted by atomic mass is 16.1. The quantitative estimate of drug-likeness (QED) is 0.509. The highest BCUT2D eigenvalue weighted by molar-refractivity contribution is 5.92. The number of hydrogen-bond acceptors (Lipinski definition) is 2. The van der Waals surface area contributed by atoms with Crippen molar-refractivity contribution in [1.29, 1.82) is 0 Å². The van der Waals surface area contributed by atoms with E-state index < -0.39 is 0 Å². The van der Waals surface area contributed by atoms with Crippen molar-refractivity contribution < 1.29 is 4.79 Å². The van der Waals surface area contributed by atoms with Crippen LogP contribution in [0.3, 0.4) is 0 Å². The third kappa shape index (κ3) is 5.12. The van der Waals surface area contributed by atoms with E-state index in [-0.39, 0.29) is 17.2 Å². The molecule has 1 amide bonds. The van der Waals surface area contributed by atoms with Gasteiger partial charge in [0.1, 0.15) is 0 Å². The molecule has 3 N–H and O–H groups in total. The van der Waals surface area contributed by atoms with Gasteiger partial charge >= 0.3 is 0 Å². The molecule has 0 radical (unpaired) electrons. The Morgan fingerprint density at radius 1 is 1.04 bits per heavy atom. The molecule has 0 atom stereocenters. The predicted octanol–water partition coefficient (Wildman–Crippen LogP) is 3.68. The summed E-state index contributed by atoms with van der Waals surface area (Å²) in [6, 6.07) is 18.6. The van der Waals surface area contributed by atoms with E-state index in [0.717, 1.165) is 23.8 Å². The summed E-state index contributed by atoms with van der Waals surface area (Å²) in [6.07, 6.45) is 2.43. The van der Waals surface area contributed by atoms with E-state index in [2.05, 4.69) is 51.3 Å². The first-order valence-electron chi connectivity index (χ1n) is 9.92. The van der Waals surface area contributed by atoms with Crippen molar-refractivity contribution in [3.05, 3.63) is 65.7 Å². The van der Waals surface area contributed by atoms with Crippen molar-refractivity contribution in [3.8, 4) is 0 Å². The molecule has 1 aliphatic rings. The van der Waals surface area contributed by atoms with E-state index in [9.17, 15) is 4.79 Å². The fourth-order valence-electron chi connectivity index (χ4n) is 3.16. The summed E-state index contributed by atoms with van der Waals surface area (Å²) in [4.78, 5) is 16.1. The molecular formula is C23H30N4O. The molecule has 1 saturated carbocycles. The van der Waals surface area contributed by atoms with E-state index in [1.54, 1.807) is 7.05 Å². The summed E-state index contributed by atoms with van der Waals surface area (Å²) >= 11 is 0. The minimum Gasteiger partial charge on any atom is -0.356 e. The number of benzene rings is 2. The van der Waals surface area contributed by atoms with Gasteiger partial charge in [-0.05, 0) is 36.1 Å². The van der Waals surface area contributed by atoms with Gasteiger partial charge in [-0.3, -0.25) is 9.79 Å². The van der Waals surface area contributed by atoms with Gasteiger partial charge in [0.05, 0.1) is 0 Å². The first-order chi connectivity index (χ1) is 13.5. The molecule has 5 nitrogen and oxygen atoms in total. The van der Waals surface area contributed by atoms with Gasteiger partial charge in [-0.1, -0.05) is 56.3 Å². The molecule has 0 unspecified atom stereocenters. The average molecular weight is 379 g/mol. The number of amides is 1. The predicted molar refractivity (Wildman–Crippen MR) is 115 cm³/mol. The maximum absolute atomic E-state index is 11.8. The van der Waals surface area contributed by atoms with Crippen molar-refractivity contribution >= 4 is 17.6 Å². The Labute approximate surface area is 167 Å². The van der Waals surface area contributed by atoms with Crippen LogP contribution in [-0.4, -0.2) is 25.5 Å². The van der Waals surface area contributed by atoms with Crippen LogP contribution in [0.5, 0.6) is 0 Å². The van der Waals surface area contributed by atoms with Gasteiger partial charge in [0.15, 0.2) is 5.96 Å². The van der Waals surface area contributed by atoms with Crippen LogP contribution in [0.4, 0.5) is 5.69 Å². The van der Waals surface area contributed by atoms with E-state index in [1.165, 1.54) is 18.4 Å². The molecule has 148 valence electrons. The summed E-state index contributed by atoms with van der Waals surface area (Å²) in [7, 11) is 1.79. The number of carbonyl (C=O) groups excluding carboxylic acids is 1. The second-order valence-electron chi connectivity index (χ2n) is 7.77. The maximum atomic E-state index is 11.8. The number of rotatable bonds is 7. The fraction of sp³-hybridized carbons (Fsp3) is 0.391. The molecule has 0 spiro atoms. The van der Waals surface area contributed by atoms with Crippen LogP contribution in [0.2, 0.25) is 0 Å². The molecule has 28 heavy (non-hydrogen) atoms. The van der Waals surface area contributed by atoms with Crippen LogP contribution in [0.1, 0.15) is 37.8 Å². The topological polar surface area (TPSA) is 65.5 Å². The number of hydrogen-bond donors (Lipinski definition) is 3. The normalized spacial score (nSPS) is 15.2. The van der Waals surface area contributed by atoms with Gasteiger partial charge in [-0.15, -0.1) is 0 Å². The van der Waals surface area contributed by atoms with Crippen LogP contribution in [0, 0.1) is 5.92 Å². The minimum atomic E-state index is -0.0265. The zero-order chi connectivity index (χ0) is 20.0. The SMILES string of the molecule is CN=C(NCc1ccc(NC(=O)C(C)C)cc1)NCC1(c2ccccc2)CC1. The first-order valence-corrected chi connectivity index (χ1v) is 9.92. The van der Waals surface area contributed by atoms with Gasteiger partial charge in [-0.25, -0.2) is 0 Å². The molecule has 0 heterocycles. The smallest absolute Gasteiger partial charge is 0.226 e. The Bertz CT molecular complexity index is 808. The number of anilines is 1. The summed E-state index contributed by atoms with van der Waals surface area (Å²) in [5, 5.41) is 9.75. The highest BCUT2D eigenvalue weighted by Crippen LogP contribution is 2.47. The van der Waals surface area contributed by atoms with Crippen LogP contribution in [0.25, 0.3) is 0 Å². The van der Waals surface area contributed by atoms with E-state index in [4.69, 9.17) is 0 Å². The molecule has 5 heteroatoms. The molecule has 2 aromatic rings. The summed E-state index contributed by atoms with van der Waals surface area (Å²) in [5.74, 6) is 0.809. The lowest BCUT2D eigenvalue weighted by atomic mass is 9.96. The fourth-order valence-corrected chi connectivity index (χ4v) is 3.16. The van der Waals surface area contributed by atoms with Gasteiger partial charge < -0.3 is 16.0 Å². The van der Waals surface area contributed by atoms with Crippen molar-refractivity contribution in [2.75, 3.05) is 18.9 Å². The molecule has 3 rings (SSSR count). The van der Waals surface area contributed by atoms with Gasteiger partial charge in [-0.2, -0.15) is 0 Å². The molecule has 1 fully saturated rings. The molecule has 0 saturated heterocycles. The highest BCUT2D eigenvalue weighted by Gasteiger charge is 2.43. The number of nitrogens with one attached hydrogen (secondary N) is 3. The van der Waals surface area contributed by atoms with Crippen LogP contribution in [-0.2, 0) is 16.8 Å². The van der Waals surface area contributed by atoms with E-state index in [1.807, 2.05) is 38.1 Å². The van der Waals surface area contributed by atoms with Crippen molar-refractivity contribution in [3.63, 3.8) is 0 Å². The van der Waals surface area contributed by atoms with Gasteiger partial charge in [0.2, 0.25) is 5.91 Å². The van der Waals surface area contributed by atoms with Crippen molar-refractivity contribution in [1.82, 2.24) is 10.6 Å². The summed E-state index contributed by atoms with van der Waals surface area (Å²) in [5.41, 5.74) is 3.60. The molecular weight excluding hydrogens is 348 g/mol. The Kier molecular flexibility index (Phi) is 6.34. The van der Waals surface area contributed by atoms with Crippen molar-refractivity contribution in [2.45, 2.75) is 38.6 Å². The molecule has 0 bridgehead atoms. The molecule has 2 aromatic carbocycles. The van der Waals surface area contributed by atoms with E-state index in [0.29, 0.717) is 6.54 Å². The number of nitrogens with zero attached hydrogens (tertiary/aromatic N) is 1. The van der Waals surface area contributed by atoms with Crippen LogP contribution in [0.15, 0.2) is 59.6 Å². The third-order valence-corrected chi connectivity index (χ3v) is 5.26. The third-order valence-electron chi connectivity index (χ3n) is 5.26. The molecule has 0 aliphatic heterocycles. The second-order valence-corrected chi connectivity index (χ2v) is 7.77. The van der Waals surface area contributed by atoms with E-state index >= 15 is 0 Å². The lowest BCUT2D eigenvalue weighted by molar-refractivity contribution is -0.118. The van der Waals surface area contributed by atoms with Gasteiger partial charge in [0.25, 0.3) is 0 Å². The maximum Gasteiger partial charge on any atom is 0.226 e. The number of carbonyl (C=O) groups is 1. The molecule has 0 aromatic heterocycles. The summed E-state index contributed by atoms with van der Waals surface area (Å²) in [6.45, 7) is 5.33. The zero-order valence-corrected chi connectivity index (χ0v) is 17.0. The Balaban J connectivity index is 1.49. The van der Waals surface area contributed by atoms with Crippen molar-refractivity contribution in [2.24, 2.45) is 10.9 Å². The Morgan fingerprint density at radius 3 is 2.29 bits per heavy atom. The monoisotopic (exact) mass is 378 g/mol. The second kappa shape index (κ2) is 8.91. The first kappa shape index (κ1) is 19.9. The lowest BCUT2D eigenvalue weighted by Gasteiger charge is -2.19. The Hall–Kier alpha value is -2.82. The Morgan fingerprint density at radius 2 is 1.71 bits per heavy atom. The average Bonchev–Trinajstić information content (AvgIpc) is 3.51.